The molecule has 0 bridgehead atoms. The summed E-state index contributed by atoms with van der Waals surface area (Å²) in [6, 6.07) is 38.1. The second-order valence-electron chi connectivity index (χ2n) is 17.2. The third-order valence-corrected chi connectivity index (χ3v) is 12.0. The summed E-state index contributed by atoms with van der Waals surface area (Å²) in [4.78, 5) is 63.7. The van der Waals surface area contributed by atoms with Crippen molar-refractivity contribution in [2.45, 2.75) is 40.5 Å². The average molecular weight is 967 g/mol. The van der Waals surface area contributed by atoms with E-state index in [4.69, 9.17) is 0 Å². The lowest BCUT2D eigenvalue weighted by Crippen LogP contribution is -2.40. The molecule has 16 nitrogen and oxygen atoms in total. The molecular weight excluding hydrogens is 905 g/mol. The third-order valence-electron chi connectivity index (χ3n) is 12.0. The van der Waals surface area contributed by atoms with Gasteiger partial charge in [0.1, 0.15) is 11.6 Å². The Bertz CT molecular complexity index is 2730. The third kappa shape index (κ3) is 15.8. The fourth-order valence-corrected chi connectivity index (χ4v) is 8.11. The van der Waals surface area contributed by atoms with Crippen LogP contribution in [0.2, 0.25) is 0 Å². The zero-order valence-corrected chi connectivity index (χ0v) is 41.3. The fraction of sp³-hybridized carbons (Fsp3) is 0.286. The van der Waals surface area contributed by atoms with Crippen molar-refractivity contribution in [2.75, 3.05) is 76.1 Å². The lowest BCUT2D eigenvalue weighted by Gasteiger charge is -2.24. The molecule has 6 aromatic rings. The van der Waals surface area contributed by atoms with Gasteiger partial charge in [0.05, 0.1) is 23.3 Å². The summed E-state index contributed by atoms with van der Waals surface area (Å²) >= 11 is 0. The van der Waals surface area contributed by atoms with Crippen molar-refractivity contribution >= 4 is 46.6 Å². The van der Waals surface area contributed by atoms with Crippen molar-refractivity contribution in [3.63, 3.8) is 0 Å². The first kappa shape index (κ1) is 52.9. The predicted molar refractivity (Wildman–Crippen MR) is 281 cm³/mol. The number of hydrogen-bond donors (Lipinski definition) is 6. The summed E-state index contributed by atoms with van der Waals surface area (Å²) in [5.41, 5.74) is 9.56. The van der Waals surface area contributed by atoms with Crippen LogP contribution in [0.25, 0.3) is 11.1 Å². The van der Waals surface area contributed by atoms with Crippen LogP contribution >= 0.6 is 0 Å². The number of amides is 4. The number of benzene rings is 4. The average Bonchev–Trinajstić information content (AvgIpc) is 3.38. The van der Waals surface area contributed by atoms with Gasteiger partial charge in [-0.2, -0.15) is 10.5 Å². The van der Waals surface area contributed by atoms with Crippen molar-refractivity contribution < 1.29 is 19.2 Å². The molecule has 0 saturated heterocycles. The Balaban J connectivity index is 1.15. The van der Waals surface area contributed by atoms with Crippen LogP contribution in [0, 0.1) is 36.5 Å². The lowest BCUT2D eigenvalue weighted by molar-refractivity contribution is -0.119. The van der Waals surface area contributed by atoms with Gasteiger partial charge in [0.2, 0.25) is 11.8 Å². The molecule has 0 atom stereocenters. The van der Waals surface area contributed by atoms with Gasteiger partial charge in [0.25, 0.3) is 11.8 Å². The number of aromatic nitrogens is 2. The van der Waals surface area contributed by atoms with Crippen LogP contribution in [-0.2, 0) is 22.4 Å². The molecule has 0 aliphatic rings. The molecule has 370 valence electrons. The predicted octanol–water partition coefficient (Wildman–Crippen LogP) is 6.81. The molecule has 16 heteroatoms. The Labute approximate surface area is 421 Å². The van der Waals surface area contributed by atoms with E-state index in [9.17, 15) is 29.7 Å². The number of nitrogens with one attached hydrogen (secondary N) is 6. The molecule has 2 aromatic heterocycles. The number of carbonyl (C=O) groups excluding carboxylic acids is 4. The summed E-state index contributed by atoms with van der Waals surface area (Å²) in [5, 5.41) is 37.9. The molecule has 0 saturated carbocycles. The maximum Gasteiger partial charge on any atom is 0.254 e. The zero-order valence-electron chi connectivity index (χ0n) is 41.3. The molecule has 6 N–H and O–H groups in total. The number of nitrogens with zero attached hydrogens (tertiary/aromatic N) is 6. The Kier molecular flexibility index (Phi) is 19.9. The summed E-state index contributed by atoms with van der Waals surface area (Å²) in [7, 11) is 0. The molecule has 0 spiro atoms. The highest BCUT2D eigenvalue weighted by Crippen LogP contribution is 2.35. The summed E-state index contributed by atoms with van der Waals surface area (Å²) in [6.07, 6.45) is 4.37. The lowest BCUT2D eigenvalue weighted by atomic mass is 9.94. The van der Waals surface area contributed by atoms with E-state index in [1.54, 1.807) is 58.6 Å². The van der Waals surface area contributed by atoms with Gasteiger partial charge in [-0.05, 0) is 121 Å². The van der Waals surface area contributed by atoms with E-state index >= 15 is 0 Å². The number of hydrogen-bond acceptors (Lipinski definition) is 12. The number of rotatable bonds is 25. The largest absolute Gasteiger partial charge is 0.355 e. The molecule has 6 rings (SSSR count). The number of carbonyl (C=O) groups is 4. The van der Waals surface area contributed by atoms with Gasteiger partial charge < -0.3 is 41.7 Å². The highest BCUT2D eigenvalue weighted by Gasteiger charge is 2.20. The molecule has 0 unspecified atom stereocenters. The van der Waals surface area contributed by atoms with Crippen LogP contribution in [-0.4, -0.2) is 109 Å². The molecule has 0 fully saturated rings. The van der Waals surface area contributed by atoms with Gasteiger partial charge >= 0.3 is 0 Å². The normalized spacial score (nSPS) is 10.6. The van der Waals surface area contributed by atoms with E-state index in [0.717, 1.165) is 44.8 Å². The van der Waals surface area contributed by atoms with Crippen LogP contribution < -0.4 is 31.9 Å². The van der Waals surface area contributed by atoms with Gasteiger partial charge in [0, 0.05) is 114 Å². The monoisotopic (exact) mass is 967 g/mol. The Hall–Kier alpha value is -8.44. The maximum atomic E-state index is 14.2. The van der Waals surface area contributed by atoms with Crippen LogP contribution in [0.3, 0.4) is 0 Å². The minimum atomic E-state index is -0.157. The minimum Gasteiger partial charge on any atom is -0.355 e. The molecule has 72 heavy (non-hydrogen) atoms. The second kappa shape index (κ2) is 27.1. The van der Waals surface area contributed by atoms with Crippen LogP contribution in [0.5, 0.6) is 0 Å². The van der Waals surface area contributed by atoms with Crippen molar-refractivity contribution in [3.8, 4) is 23.3 Å². The maximum absolute atomic E-state index is 14.2. The van der Waals surface area contributed by atoms with E-state index < -0.39 is 0 Å². The fourth-order valence-electron chi connectivity index (χ4n) is 8.11. The van der Waals surface area contributed by atoms with Crippen LogP contribution in [0.1, 0.15) is 67.9 Å². The van der Waals surface area contributed by atoms with Gasteiger partial charge in [-0.3, -0.25) is 19.2 Å². The first-order valence-electron chi connectivity index (χ1n) is 24.0. The van der Waals surface area contributed by atoms with Crippen LogP contribution in [0.4, 0.5) is 23.0 Å². The molecule has 0 aliphatic carbocycles. The topological polar surface area (TPSA) is 220 Å². The quantitative estimate of drug-likeness (QED) is 0.0326. The Morgan fingerprint density at radius 1 is 0.514 bits per heavy atom. The van der Waals surface area contributed by atoms with E-state index in [1.807, 2.05) is 74.5 Å². The minimum absolute atomic E-state index is 0.0991. The molecule has 4 aromatic carbocycles. The standard InChI is InChI=1S/C56H62N12O4/c1-39-49(13-7-15-51(39)65-53-35-47(17-21-63-53)55(71)67(31-27-59-23-25-61-41(3)69)29-19-43-9-5-11-45(33-43)37-57)50-14-8-16-52(40(50)2)66-54-36-48(18-22-64-54)56(72)68(32-28-60-24-26-62-42(4)70)30-20-44-10-6-12-46(34-44)38-58/h5-18,21-22,33-36,59-60H,19-20,23-32H2,1-4H3,(H,61,69)(H,62,70)(H,63,65)(H,64,66). The van der Waals surface area contributed by atoms with Crippen molar-refractivity contribution in [1.82, 2.24) is 41.0 Å². The van der Waals surface area contributed by atoms with Crippen LogP contribution in [0.15, 0.2) is 122 Å². The SMILES string of the molecule is CC(=O)NCCNCCN(CCc1cccc(C#N)c1)C(=O)c1ccnc(Nc2cccc(-c3cccc(Nc4cc(C(=O)N(CCNCCNC(C)=O)CCc5cccc(C#N)c5)ccn4)c3C)c2C)c1. The smallest absolute Gasteiger partial charge is 0.254 e. The summed E-state index contributed by atoms with van der Waals surface area (Å²) < 4.78 is 0. The van der Waals surface area contributed by atoms with Crippen molar-refractivity contribution in [1.29, 1.82) is 10.5 Å². The number of pyridine rings is 2. The second-order valence-corrected chi connectivity index (χ2v) is 17.2. The zero-order chi connectivity index (χ0) is 51.2. The van der Waals surface area contributed by atoms with Crippen molar-refractivity contribution in [2.24, 2.45) is 0 Å². The number of nitriles is 2. The Morgan fingerprint density at radius 2 is 0.931 bits per heavy atom. The molecule has 0 radical (unpaired) electrons. The first-order valence-corrected chi connectivity index (χ1v) is 24.0. The highest BCUT2D eigenvalue weighted by molar-refractivity contribution is 5.96. The van der Waals surface area contributed by atoms with E-state index in [0.29, 0.717) is 112 Å². The van der Waals surface area contributed by atoms with Crippen molar-refractivity contribution in [3.05, 3.63) is 166 Å². The highest BCUT2D eigenvalue weighted by atomic mass is 16.2. The molecule has 2 heterocycles. The van der Waals surface area contributed by atoms with Gasteiger partial charge in [0.15, 0.2) is 0 Å². The van der Waals surface area contributed by atoms with Gasteiger partial charge in [-0.25, -0.2) is 9.97 Å². The Morgan fingerprint density at radius 3 is 1.33 bits per heavy atom. The summed E-state index contributed by atoms with van der Waals surface area (Å²) in [6.45, 7) is 11.9. The molecular formula is C56H62N12O4. The first-order chi connectivity index (χ1) is 34.9. The molecule has 0 aliphatic heterocycles. The number of anilines is 4. The van der Waals surface area contributed by atoms with Gasteiger partial charge in [-0.1, -0.05) is 48.5 Å². The summed E-state index contributed by atoms with van der Waals surface area (Å²) in [5.74, 6) is 0.504. The van der Waals surface area contributed by atoms with E-state index in [2.05, 4.69) is 66.1 Å². The van der Waals surface area contributed by atoms with Gasteiger partial charge in [-0.15, -0.1) is 0 Å². The van der Waals surface area contributed by atoms with E-state index in [-0.39, 0.29) is 23.6 Å². The molecule has 4 amide bonds. The van der Waals surface area contributed by atoms with E-state index in [1.165, 1.54) is 13.8 Å².